The summed E-state index contributed by atoms with van der Waals surface area (Å²) < 4.78 is 83.3. The Morgan fingerprint density at radius 1 is 0.871 bits per heavy atom. The molecule has 0 fully saturated rings. The molecule has 2 nitrogen and oxygen atoms in total. The van der Waals surface area contributed by atoms with Crippen molar-refractivity contribution in [1.29, 1.82) is 0 Å². The van der Waals surface area contributed by atoms with Crippen LogP contribution >= 0.6 is 0 Å². The molecule has 0 bridgehead atoms. The Labute approximate surface area is 176 Å². The summed E-state index contributed by atoms with van der Waals surface area (Å²) in [5, 5.41) is -0.825. The predicted octanol–water partition coefficient (Wildman–Crippen LogP) is 7.38. The highest BCUT2D eigenvalue weighted by Crippen LogP contribution is 2.36. The van der Waals surface area contributed by atoms with Gasteiger partial charge >= 0.3 is 0 Å². The molecule has 0 N–H and O–H groups in total. The highest BCUT2D eigenvalue weighted by atomic mass is 19.2. The smallest absolute Gasteiger partial charge is 0.201 e. The van der Waals surface area contributed by atoms with Gasteiger partial charge in [0.15, 0.2) is 23.2 Å². The molecule has 0 aliphatic carbocycles. The van der Waals surface area contributed by atoms with E-state index in [9.17, 15) is 22.0 Å². The van der Waals surface area contributed by atoms with E-state index in [1.165, 1.54) is 30.3 Å². The van der Waals surface area contributed by atoms with Gasteiger partial charge in [-0.3, -0.25) is 0 Å². The van der Waals surface area contributed by atoms with E-state index in [4.69, 9.17) is 9.47 Å². The molecule has 0 amide bonds. The van der Waals surface area contributed by atoms with Gasteiger partial charge in [0, 0.05) is 11.1 Å². The second-order valence-corrected chi connectivity index (χ2v) is 6.49. The van der Waals surface area contributed by atoms with Crippen LogP contribution in [-0.2, 0) is 0 Å². The Balaban J connectivity index is 2.01. The minimum Gasteiger partial charge on any atom is -0.491 e. The van der Waals surface area contributed by atoms with Crippen LogP contribution in [0.3, 0.4) is 0 Å². The molecule has 0 atom stereocenters. The zero-order chi connectivity index (χ0) is 22.5. The summed E-state index contributed by atoms with van der Waals surface area (Å²) in [4.78, 5) is 0. The topological polar surface area (TPSA) is 18.5 Å². The Morgan fingerprint density at radius 2 is 1.58 bits per heavy atom. The standard InChI is InChI=1S/C24H19F5O2/c1-3-5-12-31-16-9-6-14(7-10-16)20(25)22(27)17-11-8-15-13-18(30-4-2)23(28)24(29)19(15)21(17)26/h3,5-11,13H,4,12H2,1-2H3. The van der Waals surface area contributed by atoms with E-state index in [1.807, 2.05) is 6.92 Å². The lowest BCUT2D eigenvalue weighted by molar-refractivity contribution is 0.315. The van der Waals surface area contributed by atoms with Crippen LogP contribution in [0.4, 0.5) is 22.0 Å². The first-order valence-electron chi connectivity index (χ1n) is 9.52. The SMILES string of the molecule is CC=CCOc1ccc(C(F)=C(F)c2ccc3cc(OCC)c(F)c(F)c3c2F)cc1. The Hall–Kier alpha value is -3.35. The minimum atomic E-state index is -1.53. The molecule has 0 radical (unpaired) electrons. The maximum Gasteiger partial charge on any atom is 0.201 e. The average Bonchev–Trinajstić information content (AvgIpc) is 2.77. The molecule has 0 saturated carbocycles. The largest absolute Gasteiger partial charge is 0.491 e. The molecule has 7 heteroatoms. The second-order valence-electron chi connectivity index (χ2n) is 6.49. The van der Waals surface area contributed by atoms with E-state index in [0.29, 0.717) is 12.4 Å². The summed E-state index contributed by atoms with van der Waals surface area (Å²) in [6, 6.07) is 8.66. The van der Waals surface area contributed by atoms with Crippen LogP contribution in [0.25, 0.3) is 22.4 Å². The van der Waals surface area contributed by atoms with Crippen LogP contribution < -0.4 is 9.47 Å². The van der Waals surface area contributed by atoms with E-state index in [2.05, 4.69) is 0 Å². The molecule has 0 unspecified atom stereocenters. The van der Waals surface area contributed by atoms with E-state index in [-0.39, 0.29) is 17.6 Å². The quantitative estimate of drug-likeness (QED) is 0.220. The van der Waals surface area contributed by atoms with Gasteiger partial charge in [-0.05, 0) is 55.6 Å². The zero-order valence-corrected chi connectivity index (χ0v) is 16.8. The summed E-state index contributed by atoms with van der Waals surface area (Å²) in [7, 11) is 0. The van der Waals surface area contributed by atoms with Gasteiger partial charge in [0.25, 0.3) is 0 Å². The fourth-order valence-corrected chi connectivity index (χ4v) is 2.97. The van der Waals surface area contributed by atoms with Crippen LogP contribution in [-0.4, -0.2) is 13.2 Å². The fraction of sp³-hybridized carbons (Fsp3) is 0.167. The first kappa shape index (κ1) is 22.3. The minimum absolute atomic E-state index is 0.0422. The molecular weight excluding hydrogens is 415 g/mol. The summed E-state index contributed by atoms with van der Waals surface area (Å²) in [6.45, 7) is 3.80. The van der Waals surface area contributed by atoms with E-state index in [0.717, 1.165) is 12.1 Å². The number of fused-ring (bicyclic) bond motifs is 1. The number of hydrogen-bond acceptors (Lipinski definition) is 2. The van der Waals surface area contributed by atoms with Crippen molar-refractivity contribution in [3.8, 4) is 11.5 Å². The molecule has 31 heavy (non-hydrogen) atoms. The van der Waals surface area contributed by atoms with Crippen molar-refractivity contribution in [2.75, 3.05) is 13.2 Å². The Kier molecular flexibility index (Phi) is 6.95. The fourth-order valence-electron chi connectivity index (χ4n) is 2.97. The monoisotopic (exact) mass is 434 g/mol. The van der Waals surface area contributed by atoms with Gasteiger partial charge < -0.3 is 9.47 Å². The third-order valence-electron chi connectivity index (χ3n) is 4.51. The number of hydrogen-bond donors (Lipinski definition) is 0. The number of benzene rings is 3. The van der Waals surface area contributed by atoms with Crippen molar-refractivity contribution in [1.82, 2.24) is 0 Å². The number of rotatable bonds is 7. The highest BCUT2D eigenvalue weighted by molar-refractivity contribution is 5.91. The highest BCUT2D eigenvalue weighted by Gasteiger charge is 2.23. The van der Waals surface area contributed by atoms with Crippen molar-refractivity contribution in [2.24, 2.45) is 0 Å². The molecule has 3 aromatic rings. The van der Waals surface area contributed by atoms with E-state index in [1.54, 1.807) is 19.1 Å². The molecule has 0 saturated heterocycles. The maximum absolute atomic E-state index is 14.9. The molecule has 0 aliphatic heterocycles. The van der Waals surface area contributed by atoms with Gasteiger partial charge in [0.2, 0.25) is 5.82 Å². The van der Waals surface area contributed by atoms with E-state index >= 15 is 0 Å². The van der Waals surface area contributed by atoms with Crippen LogP contribution in [0.2, 0.25) is 0 Å². The van der Waals surface area contributed by atoms with Gasteiger partial charge in [-0.25, -0.2) is 17.6 Å². The maximum atomic E-state index is 14.9. The molecule has 3 aromatic carbocycles. The van der Waals surface area contributed by atoms with Crippen molar-refractivity contribution >= 4 is 22.4 Å². The Bertz CT molecular complexity index is 1150. The van der Waals surface area contributed by atoms with Gasteiger partial charge in [0.05, 0.1) is 12.0 Å². The van der Waals surface area contributed by atoms with Crippen molar-refractivity contribution in [3.63, 3.8) is 0 Å². The molecule has 0 spiro atoms. The zero-order valence-electron chi connectivity index (χ0n) is 16.8. The van der Waals surface area contributed by atoms with Gasteiger partial charge in [-0.1, -0.05) is 18.2 Å². The van der Waals surface area contributed by atoms with Crippen LogP contribution in [0.1, 0.15) is 25.0 Å². The van der Waals surface area contributed by atoms with E-state index < -0.39 is 45.8 Å². The lowest BCUT2D eigenvalue weighted by Gasteiger charge is -2.11. The summed E-state index contributed by atoms with van der Waals surface area (Å²) in [5.41, 5.74) is -0.977. The van der Waals surface area contributed by atoms with Gasteiger partial charge in [-0.2, -0.15) is 4.39 Å². The van der Waals surface area contributed by atoms with Crippen molar-refractivity contribution < 1.29 is 31.4 Å². The Morgan fingerprint density at radius 3 is 2.23 bits per heavy atom. The number of ether oxygens (including phenoxy) is 2. The third kappa shape index (κ3) is 4.55. The summed E-state index contributed by atoms with van der Waals surface area (Å²) in [6.07, 6.45) is 3.58. The van der Waals surface area contributed by atoms with Crippen LogP contribution in [0.15, 0.2) is 54.6 Å². The average molecular weight is 434 g/mol. The lowest BCUT2D eigenvalue weighted by atomic mass is 10.0. The normalized spacial score (nSPS) is 12.4. The third-order valence-corrected chi connectivity index (χ3v) is 4.51. The molecule has 3 rings (SSSR count). The van der Waals surface area contributed by atoms with Crippen LogP contribution in [0.5, 0.6) is 11.5 Å². The first-order valence-corrected chi connectivity index (χ1v) is 9.52. The molecule has 0 aromatic heterocycles. The van der Waals surface area contributed by atoms with Crippen LogP contribution in [0, 0.1) is 17.5 Å². The first-order chi connectivity index (χ1) is 14.9. The molecule has 0 heterocycles. The van der Waals surface area contributed by atoms with Crippen molar-refractivity contribution in [2.45, 2.75) is 13.8 Å². The number of allylic oxidation sites excluding steroid dienone is 1. The molecule has 0 aliphatic rings. The summed E-state index contributed by atoms with van der Waals surface area (Å²) >= 11 is 0. The van der Waals surface area contributed by atoms with Crippen molar-refractivity contribution in [3.05, 3.63) is 83.2 Å². The van der Waals surface area contributed by atoms with Gasteiger partial charge in [0.1, 0.15) is 18.2 Å². The second kappa shape index (κ2) is 9.64. The van der Waals surface area contributed by atoms with Gasteiger partial charge in [-0.15, -0.1) is 0 Å². The lowest BCUT2D eigenvalue weighted by Crippen LogP contribution is -2.00. The molecule has 162 valence electrons. The summed E-state index contributed by atoms with van der Waals surface area (Å²) in [5.74, 6) is -7.16. The molecular formula is C24H19F5O2. The predicted molar refractivity (Wildman–Crippen MR) is 111 cm³/mol. The number of halogens is 5.